The fourth-order valence-corrected chi connectivity index (χ4v) is 1.92. The molecule has 0 aromatic rings. The zero-order chi connectivity index (χ0) is 10.6. The Morgan fingerprint density at radius 1 is 1.57 bits per heavy atom. The van der Waals surface area contributed by atoms with Crippen molar-refractivity contribution in [2.45, 2.75) is 20.3 Å². The summed E-state index contributed by atoms with van der Waals surface area (Å²) in [7, 11) is 1.70. The second-order valence-corrected chi connectivity index (χ2v) is 4.95. The quantitative estimate of drug-likeness (QED) is 0.567. The molecule has 3 nitrogen and oxygen atoms in total. The molecular formula is C10H20N2OS. The van der Waals surface area contributed by atoms with Gasteiger partial charge < -0.3 is 15.0 Å². The van der Waals surface area contributed by atoms with E-state index < -0.39 is 0 Å². The third-order valence-corrected chi connectivity index (χ3v) is 2.95. The number of rotatable bonds is 3. The van der Waals surface area contributed by atoms with Gasteiger partial charge >= 0.3 is 0 Å². The van der Waals surface area contributed by atoms with Crippen LogP contribution in [-0.2, 0) is 4.74 Å². The van der Waals surface area contributed by atoms with Crippen LogP contribution in [0.2, 0.25) is 0 Å². The lowest BCUT2D eigenvalue weighted by molar-refractivity contribution is 0.203. The Balaban J connectivity index is 2.25. The molecule has 1 aliphatic rings. The van der Waals surface area contributed by atoms with E-state index in [1.807, 2.05) is 0 Å². The van der Waals surface area contributed by atoms with Crippen molar-refractivity contribution in [1.29, 1.82) is 0 Å². The van der Waals surface area contributed by atoms with Crippen LogP contribution < -0.4 is 5.32 Å². The lowest BCUT2D eigenvalue weighted by atomic mass is 9.93. The standard InChI is InChI=1S/C10H20N2OS/c1-10(2)4-6-12(8-10)9(14)11-5-7-13-3/h4-8H2,1-3H3,(H,11,14). The van der Waals surface area contributed by atoms with Crippen LogP contribution in [0.5, 0.6) is 0 Å². The SMILES string of the molecule is COCCNC(=S)N1CCC(C)(C)C1. The summed E-state index contributed by atoms with van der Waals surface area (Å²) in [5, 5.41) is 4.06. The molecule has 82 valence electrons. The number of ether oxygens (including phenoxy) is 1. The molecule has 0 radical (unpaired) electrons. The van der Waals surface area contributed by atoms with Crippen LogP contribution in [0.4, 0.5) is 0 Å². The van der Waals surface area contributed by atoms with E-state index in [2.05, 4.69) is 24.1 Å². The molecule has 4 heteroatoms. The molecular weight excluding hydrogens is 196 g/mol. The maximum absolute atomic E-state index is 5.29. The first-order valence-electron chi connectivity index (χ1n) is 5.07. The summed E-state index contributed by atoms with van der Waals surface area (Å²) >= 11 is 5.29. The second kappa shape index (κ2) is 4.94. The van der Waals surface area contributed by atoms with Gasteiger partial charge in [-0.1, -0.05) is 13.8 Å². The van der Waals surface area contributed by atoms with E-state index in [1.54, 1.807) is 7.11 Å². The summed E-state index contributed by atoms with van der Waals surface area (Å²) in [4.78, 5) is 2.24. The lowest BCUT2D eigenvalue weighted by Gasteiger charge is -2.22. The minimum Gasteiger partial charge on any atom is -0.383 e. The van der Waals surface area contributed by atoms with Crippen molar-refractivity contribution >= 4 is 17.3 Å². The van der Waals surface area contributed by atoms with Gasteiger partial charge in [0.25, 0.3) is 0 Å². The molecule has 1 heterocycles. The van der Waals surface area contributed by atoms with Crippen molar-refractivity contribution in [2.75, 3.05) is 33.4 Å². The number of methoxy groups -OCH3 is 1. The smallest absolute Gasteiger partial charge is 0.169 e. The van der Waals surface area contributed by atoms with Crippen LogP contribution in [0.25, 0.3) is 0 Å². The highest BCUT2D eigenvalue weighted by Gasteiger charge is 2.30. The van der Waals surface area contributed by atoms with Crippen molar-refractivity contribution in [1.82, 2.24) is 10.2 Å². The van der Waals surface area contributed by atoms with Gasteiger partial charge in [0.15, 0.2) is 5.11 Å². The number of nitrogens with one attached hydrogen (secondary N) is 1. The highest BCUT2D eigenvalue weighted by atomic mass is 32.1. The minimum atomic E-state index is 0.410. The van der Waals surface area contributed by atoms with E-state index in [-0.39, 0.29) is 0 Å². The topological polar surface area (TPSA) is 24.5 Å². The minimum absolute atomic E-state index is 0.410. The Morgan fingerprint density at radius 3 is 2.79 bits per heavy atom. The van der Waals surface area contributed by atoms with Crippen molar-refractivity contribution < 1.29 is 4.74 Å². The Hall–Kier alpha value is -0.350. The molecule has 14 heavy (non-hydrogen) atoms. The third-order valence-electron chi connectivity index (χ3n) is 2.55. The highest BCUT2D eigenvalue weighted by Crippen LogP contribution is 2.28. The average Bonchev–Trinajstić information content (AvgIpc) is 2.46. The maximum Gasteiger partial charge on any atom is 0.169 e. The molecule has 0 spiro atoms. The second-order valence-electron chi connectivity index (χ2n) is 4.56. The largest absolute Gasteiger partial charge is 0.383 e. The fourth-order valence-electron chi connectivity index (χ4n) is 1.66. The number of likely N-dealkylation sites (tertiary alicyclic amines) is 1. The number of hydrogen-bond acceptors (Lipinski definition) is 2. The Morgan fingerprint density at radius 2 is 2.29 bits per heavy atom. The molecule has 0 atom stereocenters. The van der Waals surface area contributed by atoms with E-state index in [4.69, 9.17) is 17.0 Å². The summed E-state index contributed by atoms with van der Waals surface area (Å²) in [6, 6.07) is 0. The van der Waals surface area contributed by atoms with Gasteiger partial charge in [0, 0.05) is 26.7 Å². The van der Waals surface area contributed by atoms with Crippen molar-refractivity contribution in [2.24, 2.45) is 5.41 Å². The van der Waals surface area contributed by atoms with Crippen LogP contribution in [0, 0.1) is 5.41 Å². The monoisotopic (exact) mass is 216 g/mol. The Kier molecular flexibility index (Phi) is 4.13. The molecule has 0 aromatic heterocycles. The molecule has 0 aromatic carbocycles. The first kappa shape index (κ1) is 11.7. The van der Waals surface area contributed by atoms with Crippen LogP contribution in [0.15, 0.2) is 0 Å². The molecule has 1 N–H and O–H groups in total. The summed E-state index contributed by atoms with van der Waals surface area (Å²) in [6.45, 7) is 8.21. The average molecular weight is 216 g/mol. The molecule has 1 rings (SSSR count). The Labute approximate surface area is 91.8 Å². The van der Waals surface area contributed by atoms with E-state index in [0.29, 0.717) is 12.0 Å². The summed E-state index contributed by atoms with van der Waals surface area (Å²) in [5.41, 5.74) is 0.410. The Bertz CT molecular complexity index is 206. The van der Waals surface area contributed by atoms with E-state index in [9.17, 15) is 0 Å². The zero-order valence-corrected chi connectivity index (χ0v) is 10.1. The highest BCUT2D eigenvalue weighted by molar-refractivity contribution is 7.80. The number of hydrogen-bond donors (Lipinski definition) is 1. The molecule has 1 saturated heterocycles. The van der Waals surface area contributed by atoms with Gasteiger partial charge in [0.2, 0.25) is 0 Å². The van der Waals surface area contributed by atoms with Gasteiger partial charge in [-0.05, 0) is 24.1 Å². The summed E-state index contributed by atoms with van der Waals surface area (Å²) in [5.74, 6) is 0. The summed E-state index contributed by atoms with van der Waals surface area (Å²) < 4.78 is 4.96. The van der Waals surface area contributed by atoms with E-state index in [1.165, 1.54) is 6.42 Å². The lowest BCUT2D eigenvalue weighted by Crippen LogP contribution is -2.40. The maximum atomic E-state index is 5.29. The van der Waals surface area contributed by atoms with Crippen LogP contribution in [0.1, 0.15) is 20.3 Å². The van der Waals surface area contributed by atoms with Gasteiger partial charge in [-0.3, -0.25) is 0 Å². The van der Waals surface area contributed by atoms with Gasteiger partial charge in [0.1, 0.15) is 0 Å². The zero-order valence-electron chi connectivity index (χ0n) is 9.30. The number of nitrogens with zero attached hydrogens (tertiary/aromatic N) is 1. The first-order valence-corrected chi connectivity index (χ1v) is 5.48. The predicted octanol–water partition coefficient (Wildman–Crippen LogP) is 1.24. The van der Waals surface area contributed by atoms with E-state index in [0.717, 1.165) is 24.7 Å². The van der Waals surface area contributed by atoms with Crippen molar-refractivity contribution in [3.63, 3.8) is 0 Å². The molecule has 0 unspecified atom stereocenters. The van der Waals surface area contributed by atoms with Crippen LogP contribution in [0.3, 0.4) is 0 Å². The van der Waals surface area contributed by atoms with Gasteiger partial charge in [-0.15, -0.1) is 0 Å². The first-order chi connectivity index (χ1) is 6.55. The van der Waals surface area contributed by atoms with Crippen molar-refractivity contribution in [3.8, 4) is 0 Å². The van der Waals surface area contributed by atoms with Gasteiger partial charge in [-0.25, -0.2) is 0 Å². The predicted molar refractivity (Wildman–Crippen MR) is 62.4 cm³/mol. The van der Waals surface area contributed by atoms with Gasteiger partial charge in [-0.2, -0.15) is 0 Å². The van der Waals surface area contributed by atoms with Gasteiger partial charge in [0.05, 0.1) is 6.61 Å². The normalized spacial score (nSPS) is 19.8. The molecule has 0 bridgehead atoms. The van der Waals surface area contributed by atoms with Crippen LogP contribution >= 0.6 is 12.2 Å². The summed E-state index contributed by atoms with van der Waals surface area (Å²) in [6.07, 6.45) is 1.22. The molecule has 0 amide bonds. The van der Waals surface area contributed by atoms with Crippen molar-refractivity contribution in [3.05, 3.63) is 0 Å². The molecule has 0 saturated carbocycles. The number of thiocarbonyl (C=S) groups is 1. The molecule has 1 fully saturated rings. The fraction of sp³-hybridized carbons (Fsp3) is 0.900. The molecule has 0 aliphatic carbocycles. The van der Waals surface area contributed by atoms with Crippen LogP contribution in [-0.4, -0.2) is 43.4 Å². The van der Waals surface area contributed by atoms with E-state index >= 15 is 0 Å². The third kappa shape index (κ3) is 3.42. The molecule has 1 aliphatic heterocycles.